The third-order valence-electron chi connectivity index (χ3n) is 8.02. The topological polar surface area (TPSA) is 108 Å². The standard InChI is InChI=1S/C30H38F3N5O3/c1-3-4-22-18-37(26(27(39)35-2)17-20-7-10-23(32)24(33)15-20)13-14-38(22)28(40)25(36-29(41)30(34)11-12-30)16-19-5-8-21(31)9-6-19/h5-10,15,22,25-26H,3-4,11-14,16-18,34H2,1-2H3,(H,35,39)(H,36,41). The van der Waals surface area contributed by atoms with Gasteiger partial charge in [-0.25, -0.2) is 13.2 Å². The van der Waals surface area contributed by atoms with Crippen LogP contribution in [0.4, 0.5) is 13.2 Å². The van der Waals surface area contributed by atoms with E-state index in [1.165, 1.54) is 25.2 Å². The Morgan fingerprint density at radius 2 is 1.68 bits per heavy atom. The maximum Gasteiger partial charge on any atom is 0.245 e. The first-order valence-electron chi connectivity index (χ1n) is 14.1. The minimum absolute atomic E-state index is 0.172. The number of likely N-dealkylation sites (N-methyl/N-ethyl adjacent to an activating group) is 1. The van der Waals surface area contributed by atoms with Gasteiger partial charge in [-0.15, -0.1) is 0 Å². The Bertz CT molecular complexity index is 1250. The highest BCUT2D eigenvalue weighted by atomic mass is 19.2. The number of piperazine rings is 1. The molecule has 0 aromatic heterocycles. The summed E-state index contributed by atoms with van der Waals surface area (Å²) in [6, 6.07) is 7.62. The zero-order valence-electron chi connectivity index (χ0n) is 23.5. The van der Waals surface area contributed by atoms with Gasteiger partial charge in [-0.05, 0) is 61.1 Å². The maximum absolute atomic E-state index is 14.0. The molecule has 1 aliphatic heterocycles. The van der Waals surface area contributed by atoms with Crippen LogP contribution in [-0.4, -0.2) is 77.9 Å². The van der Waals surface area contributed by atoms with Crippen LogP contribution in [0.25, 0.3) is 0 Å². The number of rotatable bonds is 11. The van der Waals surface area contributed by atoms with E-state index in [2.05, 4.69) is 10.6 Å². The average Bonchev–Trinajstić information content (AvgIpc) is 3.72. The molecule has 4 N–H and O–H groups in total. The zero-order valence-corrected chi connectivity index (χ0v) is 23.5. The summed E-state index contributed by atoms with van der Waals surface area (Å²) in [4.78, 5) is 43.5. The van der Waals surface area contributed by atoms with E-state index in [-0.39, 0.29) is 36.6 Å². The van der Waals surface area contributed by atoms with Crippen LogP contribution < -0.4 is 16.4 Å². The van der Waals surface area contributed by atoms with Crippen molar-refractivity contribution in [3.05, 3.63) is 71.0 Å². The molecule has 2 aliphatic rings. The molecule has 0 spiro atoms. The van der Waals surface area contributed by atoms with Gasteiger partial charge in [0.2, 0.25) is 17.7 Å². The van der Waals surface area contributed by atoms with Gasteiger partial charge in [0.15, 0.2) is 11.6 Å². The summed E-state index contributed by atoms with van der Waals surface area (Å²) < 4.78 is 40.9. The molecule has 0 bridgehead atoms. The summed E-state index contributed by atoms with van der Waals surface area (Å²) in [6.45, 7) is 3.06. The zero-order chi connectivity index (χ0) is 29.7. The molecule has 3 unspecified atom stereocenters. The highest BCUT2D eigenvalue weighted by Gasteiger charge is 2.47. The Morgan fingerprint density at radius 3 is 2.29 bits per heavy atom. The fourth-order valence-corrected chi connectivity index (χ4v) is 5.40. The number of carbonyl (C=O) groups is 3. The van der Waals surface area contributed by atoms with Crippen LogP contribution in [0.15, 0.2) is 42.5 Å². The highest BCUT2D eigenvalue weighted by Crippen LogP contribution is 2.32. The molecule has 2 aromatic rings. The number of carbonyl (C=O) groups excluding carboxylic acids is 3. The lowest BCUT2D eigenvalue weighted by Gasteiger charge is -2.45. The normalized spacial score (nSPS) is 19.8. The lowest BCUT2D eigenvalue weighted by Crippen LogP contribution is -2.63. The molecule has 0 radical (unpaired) electrons. The van der Waals surface area contributed by atoms with Crippen molar-refractivity contribution >= 4 is 17.7 Å². The van der Waals surface area contributed by atoms with Crippen molar-refractivity contribution in [2.24, 2.45) is 5.73 Å². The van der Waals surface area contributed by atoms with Gasteiger partial charge < -0.3 is 21.3 Å². The summed E-state index contributed by atoms with van der Waals surface area (Å²) in [7, 11) is 1.52. The van der Waals surface area contributed by atoms with Crippen LogP contribution in [-0.2, 0) is 27.2 Å². The molecule has 8 nitrogen and oxygen atoms in total. The van der Waals surface area contributed by atoms with Crippen LogP contribution in [0.5, 0.6) is 0 Å². The van der Waals surface area contributed by atoms with E-state index in [4.69, 9.17) is 5.73 Å². The van der Waals surface area contributed by atoms with Gasteiger partial charge in [0.1, 0.15) is 11.9 Å². The number of nitrogens with two attached hydrogens (primary N) is 1. The van der Waals surface area contributed by atoms with Gasteiger partial charge in [-0.1, -0.05) is 31.5 Å². The van der Waals surface area contributed by atoms with Crippen molar-refractivity contribution in [1.29, 1.82) is 0 Å². The van der Waals surface area contributed by atoms with E-state index < -0.39 is 35.1 Å². The molecule has 2 aromatic carbocycles. The van der Waals surface area contributed by atoms with Crippen LogP contribution in [0, 0.1) is 17.5 Å². The molecule has 1 heterocycles. The molecular formula is C30H38F3N5O3. The summed E-state index contributed by atoms with van der Waals surface area (Å²) in [5, 5.41) is 5.52. The minimum atomic E-state index is -0.975. The maximum atomic E-state index is 14.0. The van der Waals surface area contributed by atoms with Gasteiger partial charge in [-0.3, -0.25) is 19.3 Å². The largest absolute Gasteiger partial charge is 0.358 e. The van der Waals surface area contributed by atoms with Crippen molar-refractivity contribution in [2.75, 3.05) is 26.7 Å². The quantitative estimate of drug-likeness (QED) is 0.383. The van der Waals surface area contributed by atoms with Gasteiger partial charge in [0, 0.05) is 39.1 Å². The van der Waals surface area contributed by atoms with Crippen LogP contribution in [0.1, 0.15) is 43.7 Å². The van der Waals surface area contributed by atoms with Crippen molar-refractivity contribution in [3.63, 3.8) is 0 Å². The summed E-state index contributed by atoms with van der Waals surface area (Å²) in [6.07, 6.45) is 2.88. The Labute approximate surface area is 238 Å². The molecule has 3 atom stereocenters. The van der Waals surface area contributed by atoms with E-state index in [1.807, 2.05) is 11.8 Å². The molecule has 1 saturated carbocycles. The summed E-state index contributed by atoms with van der Waals surface area (Å²) in [5.74, 6) is -3.23. The number of amides is 3. The van der Waals surface area contributed by atoms with E-state index in [0.29, 0.717) is 50.0 Å². The summed E-state index contributed by atoms with van der Waals surface area (Å²) >= 11 is 0. The molecule has 4 rings (SSSR count). The fraction of sp³-hybridized carbons (Fsp3) is 0.500. The molecule has 2 fully saturated rings. The molecule has 41 heavy (non-hydrogen) atoms. The molecule has 3 amide bonds. The third-order valence-corrected chi connectivity index (χ3v) is 8.02. The first kappa shape index (κ1) is 30.5. The number of hydrogen-bond acceptors (Lipinski definition) is 5. The third kappa shape index (κ3) is 7.45. The van der Waals surface area contributed by atoms with E-state index in [9.17, 15) is 27.6 Å². The average molecular weight is 574 g/mol. The van der Waals surface area contributed by atoms with Crippen molar-refractivity contribution < 1.29 is 27.6 Å². The second-order valence-corrected chi connectivity index (χ2v) is 11.1. The lowest BCUT2D eigenvalue weighted by atomic mass is 9.98. The Balaban J connectivity index is 1.53. The second kappa shape index (κ2) is 13.0. The lowest BCUT2D eigenvalue weighted by molar-refractivity contribution is -0.142. The van der Waals surface area contributed by atoms with E-state index in [0.717, 1.165) is 18.6 Å². The van der Waals surface area contributed by atoms with Crippen molar-refractivity contribution in [1.82, 2.24) is 20.4 Å². The van der Waals surface area contributed by atoms with Crippen LogP contribution >= 0.6 is 0 Å². The van der Waals surface area contributed by atoms with Crippen LogP contribution in [0.3, 0.4) is 0 Å². The first-order chi connectivity index (χ1) is 19.5. The summed E-state index contributed by atoms with van der Waals surface area (Å²) in [5.41, 5.74) is 6.32. The second-order valence-electron chi connectivity index (χ2n) is 11.1. The number of nitrogens with one attached hydrogen (secondary N) is 2. The number of hydrogen-bond donors (Lipinski definition) is 3. The first-order valence-corrected chi connectivity index (χ1v) is 14.1. The molecule has 222 valence electrons. The van der Waals surface area contributed by atoms with Crippen LogP contribution in [0.2, 0.25) is 0 Å². The molecule has 1 aliphatic carbocycles. The fourth-order valence-electron chi connectivity index (χ4n) is 5.40. The predicted molar refractivity (Wildman–Crippen MR) is 148 cm³/mol. The number of nitrogens with zero attached hydrogens (tertiary/aromatic N) is 2. The minimum Gasteiger partial charge on any atom is -0.358 e. The van der Waals surface area contributed by atoms with Gasteiger partial charge in [0.25, 0.3) is 0 Å². The Morgan fingerprint density at radius 1 is 1.00 bits per heavy atom. The van der Waals surface area contributed by atoms with E-state index in [1.54, 1.807) is 17.0 Å². The van der Waals surface area contributed by atoms with Gasteiger partial charge >= 0.3 is 0 Å². The Hall–Kier alpha value is -3.44. The predicted octanol–water partition coefficient (Wildman–Crippen LogP) is 2.29. The number of benzene rings is 2. The monoisotopic (exact) mass is 573 g/mol. The molecule has 1 saturated heterocycles. The Kier molecular flexibility index (Phi) is 9.70. The SMILES string of the molecule is CCCC1CN(C(Cc2ccc(F)c(F)c2)C(=O)NC)CCN1C(=O)C(Cc1ccc(F)cc1)NC(=O)C1(N)CC1. The van der Waals surface area contributed by atoms with Crippen molar-refractivity contribution in [3.8, 4) is 0 Å². The molecular weight excluding hydrogens is 535 g/mol. The van der Waals surface area contributed by atoms with Gasteiger partial charge in [-0.2, -0.15) is 0 Å². The highest BCUT2D eigenvalue weighted by molar-refractivity contribution is 5.94. The van der Waals surface area contributed by atoms with Crippen molar-refractivity contribution in [2.45, 2.75) is 69.1 Å². The smallest absolute Gasteiger partial charge is 0.245 e. The molecule has 11 heteroatoms. The van der Waals surface area contributed by atoms with E-state index >= 15 is 0 Å². The number of halogens is 3. The van der Waals surface area contributed by atoms with Gasteiger partial charge in [0.05, 0.1) is 11.6 Å².